The second-order valence-corrected chi connectivity index (χ2v) is 6.89. The molecule has 4 atom stereocenters. The van der Waals surface area contributed by atoms with Gasteiger partial charge in [0.1, 0.15) is 0 Å². The first-order chi connectivity index (χ1) is 7.61. The minimum Gasteiger partial charge on any atom is -0.388 e. The number of nitrogens with one attached hydrogen (secondary N) is 1. The van der Waals surface area contributed by atoms with Crippen molar-refractivity contribution in [3.63, 3.8) is 0 Å². The van der Waals surface area contributed by atoms with Crippen molar-refractivity contribution in [1.82, 2.24) is 5.32 Å². The van der Waals surface area contributed by atoms with Gasteiger partial charge >= 0.3 is 0 Å². The van der Waals surface area contributed by atoms with E-state index in [0.717, 1.165) is 36.3 Å². The Morgan fingerprint density at radius 1 is 1.38 bits per heavy atom. The van der Waals surface area contributed by atoms with E-state index in [-0.39, 0.29) is 0 Å². The lowest BCUT2D eigenvalue weighted by Gasteiger charge is -2.36. The predicted octanol–water partition coefficient (Wildman–Crippen LogP) is 2.27. The molecular formula is C13H25NOS. The quantitative estimate of drug-likeness (QED) is 0.797. The second kappa shape index (κ2) is 5.28. The molecular weight excluding hydrogens is 218 g/mol. The zero-order valence-corrected chi connectivity index (χ0v) is 11.4. The molecule has 2 fully saturated rings. The van der Waals surface area contributed by atoms with Crippen molar-refractivity contribution >= 4 is 11.8 Å². The normalized spacial score (nSPS) is 44.8. The zero-order chi connectivity index (χ0) is 11.6. The predicted molar refractivity (Wildman–Crippen MR) is 70.9 cm³/mol. The summed E-state index contributed by atoms with van der Waals surface area (Å²) < 4.78 is 0. The molecule has 1 aliphatic carbocycles. The number of hydrogen-bond acceptors (Lipinski definition) is 3. The van der Waals surface area contributed by atoms with Gasteiger partial charge in [-0.15, -0.1) is 0 Å². The molecule has 1 aliphatic heterocycles. The van der Waals surface area contributed by atoms with Crippen molar-refractivity contribution in [3.05, 3.63) is 0 Å². The van der Waals surface area contributed by atoms with Gasteiger partial charge < -0.3 is 10.4 Å². The summed E-state index contributed by atoms with van der Waals surface area (Å²) in [6.07, 6.45) is 4.96. The highest BCUT2D eigenvalue weighted by atomic mass is 32.2. The van der Waals surface area contributed by atoms with Gasteiger partial charge in [-0.3, -0.25) is 0 Å². The molecule has 0 bridgehead atoms. The summed E-state index contributed by atoms with van der Waals surface area (Å²) in [6, 6.07) is 0.623. The number of aliphatic hydroxyl groups is 1. The highest BCUT2D eigenvalue weighted by molar-refractivity contribution is 7.99. The lowest BCUT2D eigenvalue weighted by molar-refractivity contribution is 0.0571. The largest absolute Gasteiger partial charge is 0.388 e. The van der Waals surface area contributed by atoms with Gasteiger partial charge in [0.15, 0.2) is 0 Å². The van der Waals surface area contributed by atoms with Crippen LogP contribution in [-0.4, -0.2) is 34.8 Å². The van der Waals surface area contributed by atoms with Crippen molar-refractivity contribution in [2.45, 2.75) is 51.2 Å². The molecule has 0 unspecified atom stereocenters. The van der Waals surface area contributed by atoms with Crippen LogP contribution in [-0.2, 0) is 0 Å². The smallest absolute Gasteiger partial charge is 0.0869 e. The Morgan fingerprint density at radius 2 is 2.19 bits per heavy atom. The van der Waals surface area contributed by atoms with E-state index in [9.17, 15) is 5.11 Å². The van der Waals surface area contributed by atoms with E-state index in [2.05, 4.69) is 19.2 Å². The third kappa shape index (κ3) is 2.93. The monoisotopic (exact) mass is 243 g/mol. The zero-order valence-electron chi connectivity index (χ0n) is 10.5. The lowest BCUT2D eigenvalue weighted by Crippen LogP contribution is -2.48. The van der Waals surface area contributed by atoms with Crippen LogP contribution in [0.5, 0.6) is 0 Å². The van der Waals surface area contributed by atoms with Crippen LogP contribution in [0.25, 0.3) is 0 Å². The first kappa shape index (κ1) is 12.7. The summed E-state index contributed by atoms with van der Waals surface area (Å²) in [5, 5.41) is 13.9. The van der Waals surface area contributed by atoms with Crippen LogP contribution < -0.4 is 5.32 Å². The minimum absolute atomic E-state index is 0.426. The van der Waals surface area contributed by atoms with Gasteiger partial charge in [0.2, 0.25) is 0 Å². The molecule has 3 heteroatoms. The standard InChI is InChI=1S/C13H25NOS/c1-10-4-3-5-12(11(10)2)14-8-13(15)6-7-16-9-13/h10-12,14-15H,3-9H2,1-2H3/t10-,11+,12+,13+/m1/s1. The van der Waals surface area contributed by atoms with Gasteiger partial charge in [-0.05, 0) is 30.4 Å². The molecule has 0 radical (unpaired) electrons. The highest BCUT2D eigenvalue weighted by Crippen LogP contribution is 2.31. The van der Waals surface area contributed by atoms with Gasteiger partial charge in [0, 0.05) is 18.3 Å². The Morgan fingerprint density at radius 3 is 2.88 bits per heavy atom. The molecule has 0 aromatic carbocycles. The number of hydrogen-bond donors (Lipinski definition) is 2. The molecule has 1 saturated heterocycles. The van der Waals surface area contributed by atoms with Crippen LogP contribution >= 0.6 is 11.8 Å². The maximum atomic E-state index is 10.3. The molecule has 1 heterocycles. The van der Waals surface area contributed by atoms with E-state index in [0.29, 0.717) is 6.04 Å². The van der Waals surface area contributed by atoms with Crippen LogP contribution in [0.15, 0.2) is 0 Å². The van der Waals surface area contributed by atoms with Crippen LogP contribution in [0.1, 0.15) is 39.5 Å². The molecule has 2 nitrogen and oxygen atoms in total. The summed E-state index contributed by atoms with van der Waals surface area (Å²) in [5.74, 6) is 3.62. The fourth-order valence-electron chi connectivity index (χ4n) is 2.93. The minimum atomic E-state index is -0.426. The third-order valence-electron chi connectivity index (χ3n) is 4.48. The first-order valence-electron chi connectivity index (χ1n) is 6.64. The van der Waals surface area contributed by atoms with Crippen LogP contribution in [0.2, 0.25) is 0 Å². The van der Waals surface area contributed by atoms with Gasteiger partial charge in [-0.1, -0.05) is 26.7 Å². The van der Waals surface area contributed by atoms with E-state index < -0.39 is 5.60 Å². The van der Waals surface area contributed by atoms with Gasteiger partial charge in [-0.25, -0.2) is 0 Å². The molecule has 2 N–H and O–H groups in total. The first-order valence-corrected chi connectivity index (χ1v) is 7.80. The molecule has 0 amide bonds. The molecule has 0 spiro atoms. The fraction of sp³-hybridized carbons (Fsp3) is 1.00. The number of thioether (sulfide) groups is 1. The second-order valence-electron chi connectivity index (χ2n) is 5.78. The SMILES string of the molecule is C[C@H]1[C@H](C)CCC[C@@H]1NC[C@@]1(O)CCSC1. The van der Waals surface area contributed by atoms with E-state index in [1.807, 2.05) is 11.8 Å². The van der Waals surface area contributed by atoms with Crippen LogP contribution in [0.3, 0.4) is 0 Å². The maximum absolute atomic E-state index is 10.3. The summed E-state index contributed by atoms with van der Waals surface area (Å²) in [5.41, 5.74) is -0.426. The molecule has 2 aliphatic rings. The molecule has 94 valence electrons. The molecule has 16 heavy (non-hydrogen) atoms. The molecule has 0 aromatic heterocycles. The van der Waals surface area contributed by atoms with Crippen molar-refractivity contribution in [2.24, 2.45) is 11.8 Å². The Bertz CT molecular complexity index is 228. The van der Waals surface area contributed by atoms with E-state index >= 15 is 0 Å². The average Bonchev–Trinajstić information content (AvgIpc) is 2.68. The lowest BCUT2D eigenvalue weighted by atomic mass is 9.78. The van der Waals surface area contributed by atoms with Crippen molar-refractivity contribution in [1.29, 1.82) is 0 Å². The summed E-state index contributed by atoms with van der Waals surface area (Å²) in [4.78, 5) is 0. The van der Waals surface area contributed by atoms with Gasteiger partial charge in [-0.2, -0.15) is 11.8 Å². The van der Waals surface area contributed by atoms with Gasteiger partial charge in [0.05, 0.1) is 5.60 Å². The molecule has 1 saturated carbocycles. The highest BCUT2D eigenvalue weighted by Gasteiger charge is 2.34. The third-order valence-corrected chi connectivity index (χ3v) is 5.72. The summed E-state index contributed by atoms with van der Waals surface area (Å²) in [7, 11) is 0. The van der Waals surface area contributed by atoms with Crippen LogP contribution in [0, 0.1) is 11.8 Å². The molecule has 0 aromatic rings. The van der Waals surface area contributed by atoms with Gasteiger partial charge in [0.25, 0.3) is 0 Å². The van der Waals surface area contributed by atoms with E-state index in [4.69, 9.17) is 0 Å². The topological polar surface area (TPSA) is 32.3 Å². The molecule has 2 rings (SSSR count). The van der Waals surface area contributed by atoms with Crippen LogP contribution in [0.4, 0.5) is 0 Å². The fourth-order valence-corrected chi connectivity index (χ4v) is 4.22. The Balaban J connectivity index is 1.80. The Labute approximate surface area is 104 Å². The Hall–Kier alpha value is 0.270. The van der Waals surface area contributed by atoms with Crippen molar-refractivity contribution < 1.29 is 5.11 Å². The summed E-state index contributed by atoms with van der Waals surface area (Å²) >= 11 is 1.88. The van der Waals surface area contributed by atoms with Crippen molar-refractivity contribution in [3.8, 4) is 0 Å². The van der Waals surface area contributed by atoms with E-state index in [1.54, 1.807) is 0 Å². The summed E-state index contributed by atoms with van der Waals surface area (Å²) in [6.45, 7) is 5.51. The number of rotatable bonds is 3. The van der Waals surface area contributed by atoms with E-state index in [1.165, 1.54) is 19.3 Å². The van der Waals surface area contributed by atoms with Crippen molar-refractivity contribution in [2.75, 3.05) is 18.1 Å². The average molecular weight is 243 g/mol. The Kier molecular flexibility index (Phi) is 4.20. The maximum Gasteiger partial charge on any atom is 0.0869 e.